The van der Waals surface area contributed by atoms with E-state index in [9.17, 15) is 4.79 Å². The van der Waals surface area contributed by atoms with E-state index in [-0.39, 0.29) is 5.91 Å². The number of piperidine rings is 1. The van der Waals surface area contributed by atoms with Crippen molar-refractivity contribution in [3.8, 4) is 0 Å². The number of carbonyl (C=O) groups is 1. The Labute approximate surface area is 141 Å². The molecule has 1 atom stereocenters. The highest BCUT2D eigenvalue weighted by atomic mass is 79.9. The number of halogens is 1. The molecule has 7 heteroatoms. The van der Waals surface area contributed by atoms with Crippen molar-refractivity contribution in [1.29, 1.82) is 0 Å². The first kappa shape index (κ1) is 15.7. The van der Waals surface area contributed by atoms with E-state index in [0.29, 0.717) is 15.4 Å². The van der Waals surface area contributed by atoms with Crippen molar-refractivity contribution in [3.05, 3.63) is 33.6 Å². The van der Waals surface area contributed by atoms with Crippen LogP contribution in [0.4, 0.5) is 5.13 Å². The van der Waals surface area contributed by atoms with E-state index < -0.39 is 0 Å². The van der Waals surface area contributed by atoms with Gasteiger partial charge in [0.1, 0.15) is 6.26 Å². The SMILES string of the molecule is CC1CCCN(Cc2csc(NC(=O)c3coc(Br)c3)n2)C1. The van der Waals surface area contributed by atoms with Crippen molar-refractivity contribution < 1.29 is 9.21 Å². The third kappa shape index (κ3) is 3.97. The van der Waals surface area contributed by atoms with E-state index in [1.165, 1.54) is 30.4 Å². The van der Waals surface area contributed by atoms with Gasteiger partial charge >= 0.3 is 0 Å². The van der Waals surface area contributed by atoms with Gasteiger partial charge in [0.15, 0.2) is 9.80 Å². The topological polar surface area (TPSA) is 58.4 Å². The molecule has 0 spiro atoms. The number of nitrogens with zero attached hydrogens (tertiary/aromatic N) is 2. The molecule has 118 valence electrons. The number of furan rings is 1. The zero-order valence-electron chi connectivity index (χ0n) is 12.3. The number of carbonyl (C=O) groups excluding carboxylic acids is 1. The monoisotopic (exact) mass is 383 g/mol. The van der Waals surface area contributed by atoms with Gasteiger partial charge in [-0.1, -0.05) is 6.92 Å². The van der Waals surface area contributed by atoms with Gasteiger partial charge < -0.3 is 4.42 Å². The number of nitrogens with one attached hydrogen (secondary N) is 1. The Morgan fingerprint density at radius 2 is 2.50 bits per heavy atom. The van der Waals surface area contributed by atoms with E-state index in [2.05, 4.69) is 38.1 Å². The van der Waals surface area contributed by atoms with Crippen LogP contribution < -0.4 is 5.32 Å². The molecule has 1 N–H and O–H groups in total. The summed E-state index contributed by atoms with van der Waals surface area (Å²) in [6.45, 7) is 5.41. The first-order valence-corrected chi connectivity index (χ1v) is 8.99. The quantitative estimate of drug-likeness (QED) is 0.866. The highest BCUT2D eigenvalue weighted by molar-refractivity contribution is 9.10. The molecule has 1 saturated heterocycles. The van der Waals surface area contributed by atoms with Crippen molar-refractivity contribution >= 4 is 38.3 Å². The standard InChI is InChI=1S/C15H18BrN3O2S/c1-10-3-2-4-19(6-10)7-12-9-22-15(17-12)18-14(20)11-5-13(16)21-8-11/h5,8-10H,2-4,6-7H2,1H3,(H,17,18,20). The fourth-order valence-corrected chi connectivity index (χ4v) is 3.73. The van der Waals surface area contributed by atoms with Crippen LogP contribution in [0, 0.1) is 5.92 Å². The zero-order valence-corrected chi connectivity index (χ0v) is 14.7. The second-order valence-electron chi connectivity index (χ2n) is 5.72. The maximum Gasteiger partial charge on any atom is 0.260 e. The first-order chi connectivity index (χ1) is 10.6. The van der Waals surface area contributed by atoms with Crippen molar-refractivity contribution in [2.75, 3.05) is 18.4 Å². The summed E-state index contributed by atoms with van der Waals surface area (Å²) in [7, 11) is 0. The summed E-state index contributed by atoms with van der Waals surface area (Å²) in [5, 5.41) is 5.45. The molecule has 1 aliphatic heterocycles. The molecule has 0 saturated carbocycles. The molecule has 3 rings (SSSR count). The third-order valence-corrected chi connectivity index (χ3v) is 4.95. The van der Waals surface area contributed by atoms with E-state index >= 15 is 0 Å². The van der Waals surface area contributed by atoms with Crippen molar-refractivity contribution in [2.45, 2.75) is 26.3 Å². The van der Waals surface area contributed by atoms with Gasteiger partial charge in [0.05, 0.1) is 11.3 Å². The molecular weight excluding hydrogens is 366 g/mol. The van der Waals surface area contributed by atoms with E-state index in [4.69, 9.17) is 4.42 Å². The average Bonchev–Trinajstić information content (AvgIpc) is 3.08. The molecule has 0 aromatic carbocycles. The van der Waals surface area contributed by atoms with E-state index in [0.717, 1.165) is 31.2 Å². The van der Waals surface area contributed by atoms with Crippen LogP contribution in [0.3, 0.4) is 0 Å². The second kappa shape index (κ2) is 6.93. The highest BCUT2D eigenvalue weighted by Crippen LogP contribution is 2.22. The van der Waals surface area contributed by atoms with Crippen molar-refractivity contribution in [1.82, 2.24) is 9.88 Å². The highest BCUT2D eigenvalue weighted by Gasteiger charge is 2.18. The Bertz CT molecular complexity index is 655. The largest absolute Gasteiger partial charge is 0.457 e. The summed E-state index contributed by atoms with van der Waals surface area (Å²) in [4.78, 5) is 19.0. The minimum absolute atomic E-state index is 0.207. The summed E-state index contributed by atoms with van der Waals surface area (Å²) in [6.07, 6.45) is 3.99. The Kier molecular flexibility index (Phi) is 4.95. The zero-order chi connectivity index (χ0) is 15.5. The molecule has 1 aliphatic rings. The molecule has 0 aliphatic carbocycles. The van der Waals surface area contributed by atoms with Gasteiger partial charge in [0.25, 0.3) is 5.91 Å². The van der Waals surface area contributed by atoms with Crippen LogP contribution in [0.2, 0.25) is 0 Å². The number of aromatic nitrogens is 1. The number of rotatable bonds is 4. The number of thiazole rings is 1. The third-order valence-electron chi connectivity index (χ3n) is 3.73. The number of hydrogen-bond donors (Lipinski definition) is 1. The lowest BCUT2D eigenvalue weighted by Crippen LogP contribution is -2.33. The van der Waals surface area contributed by atoms with Crippen LogP contribution in [-0.4, -0.2) is 28.9 Å². The van der Waals surface area contributed by atoms with Crippen LogP contribution in [-0.2, 0) is 6.54 Å². The molecule has 3 heterocycles. The molecule has 1 amide bonds. The Morgan fingerprint density at radius 3 is 3.23 bits per heavy atom. The number of hydrogen-bond acceptors (Lipinski definition) is 5. The molecule has 0 bridgehead atoms. The summed E-state index contributed by atoms with van der Waals surface area (Å²) in [6, 6.07) is 1.64. The van der Waals surface area contributed by atoms with Crippen LogP contribution >= 0.6 is 27.3 Å². The minimum Gasteiger partial charge on any atom is -0.457 e. The maximum atomic E-state index is 12.0. The predicted octanol–water partition coefficient (Wildman–Crippen LogP) is 3.98. The van der Waals surface area contributed by atoms with Crippen molar-refractivity contribution in [3.63, 3.8) is 0 Å². The molecule has 2 aromatic heterocycles. The van der Waals surface area contributed by atoms with Gasteiger partial charge in [-0.2, -0.15) is 0 Å². The Hall–Kier alpha value is -1.18. The molecule has 1 unspecified atom stereocenters. The molecule has 5 nitrogen and oxygen atoms in total. The van der Waals surface area contributed by atoms with Gasteiger partial charge in [-0.3, -0.25) is 15.0 Å². The van der Waals surface area contributed by atoms with Gasteiger partial charge in [0, 0.05) is 24.5 Å². The Balaban J connectivity index is 1.58. The number of anilines is 1. The lowest BCUT2D eigenvalue weighted by molar-refractivity contribution is 0.102. The Morgan fingerprint density at radius 1 is 1.64 bits per heavy atom. The normalized spacial score (nSPS) is 19.3. The predicted molar refractivity (Wildman–Crippen MR) is 90.2 cm³/mol. The lowest BCUT2D eigenvalue weighted by Gasteiger charge is -2.30. The van der Waals surface area contributed by atoms with Gasteiger partial charge in [0.2, 0.25) is 0 Å². The van der Waals surface area contributed by atoms with Gasteiger partial charge in [-0.25, -0.2) is 4.98 Å². The number of likely N-dealkylation sites (tertiary alicyclic amines) is 1. The summed E-state index contributed by atoms with van der Waals surface area (Å²) in [5.74, 6) is 0.549. The fraction of sp³-hybridized carbons (Fsp3) is 0.467. The molecule has 2 aromatic rings. The lowest BCUT2D eigenvalue weighted by atomic mass is 10.0. The fourth-order valence-electron chi connectivity index (χ4n) is 2.69. The van der Waals surface area contributed by atoms with Crippen LogP contribution in [0.5, 0.6) is 0 Å². The van der Waals surface area contributed by atoms with Crippen LogP contribution in [0.25, 0.3) is 0 Å². The average molecular weight is 384 g/mol. The molecule has 1 fully saturated rings. The van der Waals surface area contributed by atoms with Crippen LogP contribution in [0.1, 0.15) is 35.8 Å². The smallest absolute Gasteiger partial charge is 0.260 e. The molecule has 22 heavy (non-hydrogen) atoms. The summed E-state index contributed by atoms with van der Waals surface area (Å²) in [5.41, 5.74) is 1.50. The van der Waals surface area contributed by atoms with E-state index in [1.807, 2.05) is 5.38 Å². The second-order valence-corrected chi connectivity index (χ2v) is 7.36. The maximum absolute atomic E-state index is 12.0. The van der Waals surface area contributed by atoms with E-state index in [1.54, 1.807) is 6.07 Å². The first-order valence-electron chi connectivity index (χ1n) is 7.32. The number of amides is 1. The van der Waals surface area contributed by atoms with Gasteiger partial charge in [-0.15, -0.1) is 11.3 Å². The minimum atomic E-state index is -0.207. The molecule has 0 radical (unpaired) electrons. The summed E-state index contributed by atoms with van der Waals surface area (Å²) < 4.78 is 5.61. The summed E-state index contributed by atoms with van der Waals surface area (Å²) >= 11 is 4.64. The molecular formula is C15H18BrN3O2S. The van der Waals surface area contributed by atoms with Crippen LogP contribution in [0.15, 0.2) is 26.8 Å². The van der Waals surface area contributed by atoms with Gasteiger partial charge in [-0.05, 0) is 41.2 Å². The van der Waals surface area contributed by atoms with Crippen molar-refractivity contribution in [2.24, 2.45) is 5.92 Å².